The van der Waals surface area contributed by atoms with Crippen molar-refractivity contribution in [3.63, 3.8) is 0 Å². The van der Waals surface area contributed by atoms with E-state index in [1.54, 1.807) is 0 Å². The van der Waals surface area contributed by atoms with Crippen LogP contribution >= 0.6 is 0 Å². The number of piperidine rings is 1. The van der Waals surface area contributed by atoms with Crippen LogP contribution in [0.2, 0.25) is 0 Å². The standard InChI is InChI=1S/C20H28N4O/c1-15-19(16(2)23-22-15)11-20(25)21-12-18-9-6-10-24(14-18)13-17-7-4-3-5-8-17/h3-5,7-8,18H,6,9-14H2,1-2H3,(H,21,25)(H,22,23)/t18-/m0/s1. The summed E-state index contributed by atoms with van der Waals surface area (Å²) in [4.78, 5) is 14.8. The minimum Gasteiger partial charge on any atom is -0.355 e. The van der Waals surface area contributed by atoms with E-state index in [0.29, 0.717) is 12.3 Å². The van der Waals surface area contributed by atoms with E-state index >= 15 is 0 Å². The molecular formula is C20H28N4O. The van der Waals surface area contributed by atoms with Crippen LogP contribution in [0.1, 0.15) is 35.4 Å². The Morgan fingerprint density at radius 3 is 2.84 bits per heavy atom. The summed E-state index contributed by atoms with van der Waals surface area (Å²) in [5, 5.41) is 10.2. The number of rotatable bonds is 6. The molecule has 1 atom stereocenters. The molecule has 0 saturated carbocycles. The molecule has 0 spiro atoms. The number of benzene rings is 1. The van der Waals surface area contributed by atoms with Crippen molar-refractivity contribution in [2.45, 2.75) is 39.7 Å². The minimum atomic E-state index is 0.0905. The maximum absolute atomic E-state index is 12.3. The summed E-state index contributed by atoms with van der Waals surface area (Å²) in [7, 11) is 0. The Morgan fingerprint density at radius 1 is 1.32 bits per heavy atom. The van der Waals surface area contributed by atoms with Gasteiger partial charge in [0.05, 0.1) is 12.1 Å². The van der Waals surface area contributed by atoms with Gasteiger partial charge in [-0.15, -0.1) is 0 Å². The normalized spacial score (nSPS) is 18.2. The lowest BCUT2D eigenvalue weighted by Gasteiger charge is -2.32. The van der Waals surface area contributed by atoms with Gasteiger partial charge in [-0.3, -0.25) is 14.8 Å². The zero-order chi connectivity index (χ0) is 17.6. The molecule has 0 bridgehead atoms. The molecule has 5 nitrogen and oxygen atoms in total. The summed E-state index contributed by atoms with van der Waals surface area (Å²) in [5.41, 5.74) is 4.28. The predicted octanol–water partition coefficient (Wildman–Crippen LogP) is 2.60. The zero-order valence-electron chi connectivity index (χ0n) is 15.2. The van der Waals surface area contributed by atoms with Crippen LogP contribution in [0.15, 0.2) is 30.3 Å². The molecule has 0 radical (unpaired) electrons. The fraction of sp³-hybridized carbons (Fsp3) is 0.500. The molecule has 2 N–H and O–H groups in total. The Balaban J connectivity index is 1.45. The first-order chi connectivity index (χ1) is 12.1. The Bertz CT molecular complexity index is 675. The molecule has 1 aromatic heterocycles. The number of nitrogens with one attached hydrogen (secondary N) is 2. The molecule has 2 heterocycles. The number of aromatic nitrogens is 2. The van der Waals surface area contributed by atoms with Gasteiger partial charge in [-0.25, -0.2) is 0 Å². The highest BCUT2D eigenvalue weighted by molar-refractivity contribution is 5.79. The van der Waals surface area contributed by atoms with Gasteiger partial charge >= 0.3 is 0 Å². The van der Waals surface area contributed by atoms with Gasteiger partial charge in [0.2, 0.25) is 5.91 Å². The van der Waals surface area contributed by atoms with Gasteiger partial charge in [-0.05, 0) is 44.7 Å². The molecule has 1 amide bonds. The van der Waals surface area contributed by atoms with E-state index in [0.717, 1.165) is 43.1 Å². The van der Waals surface area contributed by atoms with E-state index in [4.69, 9.17) is 0 Å². The zero-order valence-corrected chi connectivity index (χ0v) is 15.2. The van der Waals surface area contributed by atoms with Crippen molar-refractivity contribution >= 4 is 5.91 Å². The third kappa shape index (κ3) is 4.92. The van der Waals surface area contributed by atoms with Crippen LogP contribution in [-0.4, -0.2) is 40.6 Å². The lowest BCUT2D eigenvalue weighted by atomic mass is 9.97. The van der Waals surface area contributed by atoms with E-state index in [1.165, 1.54) is 18.4 Å². The van der Waals surface area contributed by atoms with E-state index in [2.05, 4.69) is 50.7 Å². The number of amides is 1. The monoisotopic (exact) mass is 340 g/mol. The van der Waals surface area contributed by atoms with E-state index < -0.39 is 0 Å². The minimum absolute atomic E-state index is 0.0905. The van der Waals surface area contributed by atoms with Crippen molar-refractivity contribution < 1.29 is 4.79 Å². The van der Waals surface area contributed by atoms with Crippen LogP contribution < -0.4 is 5.32 Å². The summed E-state index contributed by atoms with van der Waals surface area (Å²) in [6, 6.07) is 10.6. The molecule has 2 aromatic rings. The van der Waals surface area contributed by atoms with Crippen LogP contribution in [0.3, 0.4) is 0 Å². The van der Waals surface area contributed by atoms with Crippen molar-refractivity contribution in [1.29, 1.82) is 0 Å². The van der Waals surface area contributed by atoms with E-state index in [9.17, 15) is 4.79 Å². The largest absolute Gasteiger partial charge is 0.355 e. The lowest BCUT2D eigenvalue weighted by molar-refractivity contribution is -0.120. The average molecular weight is 340 g/mol. The topological polar surface area (TPSA) is 61.0 Å². The number of likely N-dealkylation sites (tertiary alicyclic amines) is 1. The Morgan fingerprint density at radius 2 is 2.12 bits per heavy atom. The second kappa shape index (κ2) is 8.30. The quantitative estimate of drug-likeness (QED) is 0.850. The van der Waals surface area contributed by atoms with Gasteiger partial charge in [0.15, 0.2) is 0 Å². The first-order valence-electron chi connectivity index (χ1n) is 9.15. The molecule has 1 fully saturated rings. The van der Waals surface area contributed by atoms with Crippen LogP contribution in [-0.2, 0) is 17.8 Å². The number of hydrogen-bond donors (Lipinski definition) is 2. The fourth-order valence-electron chi connectivity index (χ4n) is 3.62. The number of carbonyl (C=O) groups is 1. The number of H-pyrrole nitrogens is 1. The molecule has 25 heavy (non-hydrogen) atoms. The highest BCUT2D eigenvalue weighted by atomic mass is 16.1. The first kappa shape index (κ1) is 17.7. The second-order valence-electron chi connectivity index (χ2n) is 7.12. The van der Waals surface area contributed by atoms with Gasteiger partial charge in [0, 0.05) is 30.9 Å². The molecular weight excluding hydrogens is 312 g/mol. The number of aromatic amines is 1. The van der Waals surface area contributed by atoms with Crippen LogP contribution in [0.25, 0.3) is 0 Å². The molecule has 1 saturated heterocycles. The number of nitrogens with zero attached hydrogens (tertiary/aromatic N) is 2. The van der Waals surface area contributed by atoms with Gasteiger partial charge in [-0.2, -0.15) is 5.10 Å². The lowest BCUT2D eigenvalue weighted by Crippen LogP contribution is -2.40. The Hall–Kier alpha value is -2.14. The fourth-order valence-corrected chi connectivity index (χ4v) is 3.62. The molecule has 5 heteroatoms. The average Bonchev–Trinajstić information content (AvgIpc) is 2.93. The van der Waals surface area contributed by atoms with Gasteiger partial charge < -0.3 is 5.32 Å². The molecule has 0 aliphatic carbocycles. The number of carbonyl (C=O) groups excluding carboxylic acids is 1. The molecule has 1 aliphatic heterocycles. The molecule has 1 aliphatic rings. The smallest absolute Gasteiger partial charge is 0.224 e. The second-order valence-corrected chi connectivity index (χ2v) is 7.12. The van der Waals surface area contributed by atoms with Crippen LogP contribution in [0.4, 0.5) is 0 Å². The van der Waals surface area contributed by atoms with Crippen molar-refractivity contribution in [2.75, 3.05) is 19.6 Å². The highest BCUT2D eigenvalue weighted by Gasteiger charge is 2.21. The maximum Gasteiger partial charge on any atom is 0.224 e. The Labute approximate surface area is 149 Å². The Kier molecular flexibility index (Phi) is 5.87. The summed E-state index contributed by atoms with van der Waals surface area (Å²) in [6.07, 6.45) is 2.80. The van der Waals surface area contributed by atoms with Gasteiger partial charge in [0.25, 0.3) is 0 Å². The summed E-state index contributed by atoms with van der Waals surface area (Å²) in [6.45, 7) is 7.87. The van der Waals surface area contributed by atoms with Crippen molar-refractivity contribution in [3.8, 4) is 0 Å². The highest BCUT2D eigenvalue weighted by Crippen LogP contribution is 2.18. The third-order valence-electron chi connectivity index (χ3n) is 5.06. The number of aryl methyl sites for hydroxylation is 2. The molecule has 0 unspecified atom stereocenters. The van der Waals surface area contributed by atoms with Crippen molar-refractivity contribution in [1.82, 2.24) is 20.4 Å². The van der Waals surface area contributed by atoms with E-state index in [1.807, 2.05) is 13.8 Å². The van der Waals surface area contributed by atoms with Crippen LogP contribution in [0, 0.1) is 19.8 Å². The summed E-state index contributed by atoms with van der Waals surface area (Å²) in [5.74, 6) is 0.626. The summed E-state index contributed by atoms with van der Waals surface area (Å²) < 4.78 is 0. The van der Waals surface area contributed by atoms with Gasteiger partial charge in [-0.1, -0.05) is 30.3 Å². The van der Waals surface area contributed by atoms with Crippen molar-refractivity contribution in [2.24, 2.45) is 5.92 Å². The maximum atomic E-state index is 12.3. The third-order valence-corrected chi connectivity index (χ3v) is 5.06. The molecule has 134 valence electrons. The van der Waals surface area contributed by atoms with Crippen molar-refractivity contribution in [3.05, 3.63) is 52.8 Å². The molecule has 3 rings (SSSR count). The summed E-state index contributed by atoms with van der Waals surface area (Å²) >= 11 is 0. The predicted molar refractivity (Wildman–Crippen MR) is 99.2 cm³/mol. The van der Waals surface area contributed by atoms with E-state index in [-0.39, 0.29) is 5.91 Å². The van der Waals surface area contributed by atoms with Gasteiger partial charge in [0.1, 0.15) is 0 Å². The first-order valence-corrected chi connectivity index (χ1v) is 9.15. The number of hydrogen-bond acceptors (Lipinski definition) is 3. The molecule has 1 aromatic carbocycles. The SMILES string of the molecule is Cc1n[nH]c(C)c1CC(=O)NC[C@@H]1CCCN(Cc2ccccc2)C1. The van der Waals surface area contributed by atoms with Crippen LogP contribution in [0.5, 0.6) is 0 Å².